The second-order valence-corrected chi connectivity index (χ2v) is 19.0. The molecule has 6 aliphatic rings. The van der Waals surface area contributed by atoms with Crippen LogP contribution in [-0.2, 0) is 38.8 Å². The summed E-state index contributed by atoms with van der Waals surface area (Å²) in [6.45, 7) is 14.4. The molecule has 4 aromatic carbocycles. The lowest BCUT2D eigenvalue weighted by atomic mass is 9.87. The Balaban J connectivity index is 0.000000216. The number of benzene rings is 4. The van der Waals surface area contributed by atoms with Crippen molar-refractivity contribution in [2.45, 2.75) is 137 Å². The first-order valence-corrected chi connectivity index (χ1v) is 23.8. The number of hydrogen-bond acceptors (Lipinski definition) is 9. The maximum absolute atomic E-state index is 12.9. The van der Waals surface area contributed by atoms with E-state index in [4.69, 9.17) is 0 Å². The van der Waals surface area contributed by atoms with E-state index in [0.717, 1.165) is 92.5 Å². The number of halogens is 1. The van der Waals surface area contributed by atoms with Crippen LogP contribution >= 0.6 is 12.4 Å². The Bertz CT molecular complexity index is 2560. The van der Waals surface area contributed by atoms with Crippen LogP contribution in [0.4, 0.5) is 0 Å². The largest absolute Gasteiger partial charge is 0.322 e. The lowest BCUT2D eigenvalue weighted by Gasteiger charge is -2.33. The molecule has 374 valence electrons. The molecule has 0 saturated carbocycles. The highest BCUT2D eigenvalue weighted by molar-refractivity contribution is 6.06. The standard InChI is InChI=1S/C27H31N3O3.C18H21N3O3.C9H10O.2CH4.ClH/c1-17-4-3-5-18(2)23(17)16-29-12-10-19(11-13-29)20-6-7-22-21(14-20)15-30(27(22)33)24-8-9-25(31)28-26(24)32;22-16-4-3-15(17(23)20-16)21-10-13-9-12(1-2-14(13)18(21)24)11-5-7-19-8-6-11;1-7-4-3-5-8(2)9(7)6-10;;;/h3-7,14,19,24H,8-13,15-16H2,1-2H3,(H,28,31,32);1-2,9,11,15,19H,3-8,10H2,(H,20,22,23);3-6H,1-2H3;2*1H4;1H. The number of hydrogen-bond donors (Lipinski definition) is 3. The summed E-state index contributed by atoms with van der Waals surface area (Å²) in [4.78, 5) is 89.0. The predicted octanol–water partition coefficient (Wildman–Crippen LogP) is 8.17. The highest BCUT2D eigenvalue weighted by Gasteiger charge is 2.41. The third kappa shape index (κ3) is 12.1. The van der Waals surface area contributed by atoms with Gasteiger partial charge in [-0.25, -0.2) is 0 Å². The molecule has 2 atom stereocenters. The van der Waals surface area contributed by atoms with Crippen molar-refractivity contribution in [1.82, 2.24) is 30.7 Å². The third-order valence-electron chi connectivity index (χ3n) is 14.7. The fourth-order valence-corrected chi connectivity index (χ4v) is 10.6. The van der Waals surface area contributed by atoms with Gasteiger partial charge in [0.1, 0.15) is 12.1 Å². The molecule has 13 nitrogen and oxygen atoms in total. The lowest BCUT2D eigenvalue weighted by molar-refractivity contribution is -0.138. The van der Waals surface area contributed by atoms with Gasteiger partial charge < -0.3 is 15.1 Å². The second kappa shape index (κ2) is 24.2. The topological polar surface area (TPSA) is 165 Å². The Morgan fingerprint density at radius 1 is 0.571 bits per heavy atom. The quantitative estimate of drug-likeness (QED) is 0.122. The lowest BCUT2D eigenvalue weighted by Crippen LogP contribution is -2.52. The molecule has 4 saturated heterocycles. The molecule has 4 aromatic rings. The number of carbonyl (C=O) groups is 7. The first-order chi connectivity index (χ1) is 32.3. The zero-order chi connectivity index (χ0) is 47.4. The van der Waals surface area contributed by atoms with Gasteiger partial charge in [0.2, 0.25) is 23.6 Å². The summed E-state index contributed by atoms with van der Waals surface area (Å²) >= 11 is 0. The second-order valence-electron chi connectivity index (χ2n) is 19.0. The molecule has 6 heterocycles. The average molecular weight is 976 g/mol. The van der Waals surface area contributed by atoms with Crippen LogP contribution in [0.5, 0.6) is 0 Å². The zero-order valence-electron chi connectivity index (χ0n) is 39.5. The van der Waals surface area contributed by atoms with Crippen molar-refractivity contribution in [3.63, 3.8) is 0 Å². The minimum Gasteiger partial charge on any atom is -0.322 e. The van der Waals surface area contributed by atoms with Crippen LogP contribution in [0, 0.1) is 27.7 Å². The minimum atomic E-state index is -0.556. The predicted molar refractivity (Wildman–Crippen MR) is 275 cm³/mol. The molecule has 4 fully saturated rings. The fourth-order valence-electron chi connectivity index (χ4n) is 10.6. The number of nitrogens with zero attached hydrogens (tertiary/aromatic N) is 3. The fraction of sp³-hybridized carbons (Fsp3) is 0.446. The van der Waals surface area contributed by atoms with Crippen molar-refractivity contribution >= 4 is 54.1 Å². The summed E-state index contributed by atoms with van der Waals surface area (Å²) in [5.41, 5.74) is 13.1. The summed E-state index contributed by atoms with van der Waals surface area (Å²) < 4.78 is 0. The van der Waals surface area contributed by atoms with Crippen LogP contribution in [-0.4, -0.2) is 94.7 Å². The minimum absolute atomic E-state index is 0. The molecule has 0 spiro atoms. The molecular weight excluding hydrogens is 904 g/mol. The van der Waals surface area contributed by atoms with Crippen molar-refractivity contribution in [2.75, 3.05) is 26.2 Å². The molecule has 3 N–H and O–H groups in total. The van der Waals surface area contributed by atoms with Gasteiger partial charge in [0, 0.05) is 49.2 Å². The van der Waals surface area contributed by atoms with E-state index < -0.39 is 12.1 Å². The van der Waals surface area contributed by atoms with Crippen molar-refractivity contribution in [2.24, 2.45) is 0 Å². The third-order valence-corrected chi connectivity index (χ3v) is 14.7. The number of likely N-dealkylation sites (tertiary alicyclic amines) is 1. The van der Waals surface area contributed by atoms with E-state index in [1.54, 1.807) is 9.80 Å². The number of aryl methyl sites for hydroxylation is 4. The van der Waals surface area contributed by atoms with E-state index in [0.29, 0.717) is 48.9 Å². The van der Waals surface area contributed by atoms with E-state index >= 15 is 0 Å². The van der Waals surface area contributed by atoms with Gasteiger partial charge in [-0.05, 0) is 166 Å². The van der Waals surface area contributed by atoms with Crippen molar-refractivity contribution in [3.05, 3.63) is 140 Å². The van der Waals surface area contributed by atoms with Crippen LogP contribution in [0.15, 0.2) is 72.8 Å². The summed E-state index contributed by atoms with van der Waals surface area (Å²) in [5.74, 6) is -0.401. The van der Waals surface area contributed by atoms with Gasteiger partial charge in [-0.1, -0.05) is 75.5 Å². The average Bonchev–Trinajstić information content (AvgIpc) is 3.83. The van der Waals surface area contributed by atoms with E-state index in [1.165, 1.54) is 27.8 Å². The summed E-state index contributed by atoms with van der Waals surface area (Å²) in [6.07, 6.45) is 6.72. The Morgan fingerprint density at radius 2 is 1.00 bits per heavy atom. The highest BCUT2D eigenvalue weighted by atomic mass is 35.5. The monoisotopic (exact) mass is 975 g/mol. The van der Waals surface area contributed by atoms with Gasteiger partial charge in [0.15, 0.2) is 6.29 Å². The first kappa shape index (κ1) is 54.9. The molecule has 6 aliphatic heterocycles. The van der Waals surface area contributed by atoms with Crippen molar-refractivity contribution in [3.8, 4) is 0 Å². The van der Waals surface area contributed by atoms with Crippen molar-refractivity contribution < 1.29 is 33.6 Å². The number of aldehydes is 1. The van der Waals surface area contributed by atoms with Gasteiger partial charge in [0.25, 0.3) is 11.8 Å². The van der Waals surface area contributed by atoms with Crippen LogP contribution in [0.3, 0.4) is 0 Å². The Labute approximate surface area is 419 Å². The Kier molecular flexibility index (Phi) is 19.0. The number of imide groups is 2. The van der Waals surface area contributed by atoms with Crippen LogP contribution < -0.4 is 16.0 Å². The normalized spacial score (nSPS) is 20.2. The van der Waals surface area contributed by atoms with Gasteiger partial charge in [-0.3, -0.25) is 49.1 Å². The summed E-state index contributed by atoms with van der Waals surface area (Å²) in [6, 6.07) is 23.5. The molecule has 70 heavy (non-hydrogen) atoms. The smallest absolute Gasteiger partial charge is 0.255 e. The van der Waals surface area contributed by atoms with E-state index in [1.807, 2.05) is 44.2 Å². The Hall–Kier alpha value is -6.02. The molecule has 0 aromatic heterocycles. The summed E-state index contributed by atoms with van der Waals surface area (Å²) in [7, 11) is 0. The molecule has 0 aliphatic carbocycles. The zero-order valence-corrected chi connectivity index (χ0v) is 40.3. The highest BCUT2D eigenvalue weighted by Crippen LogP contribution is 2.35. The molecule has 0 radical (unpaired) electrons. The van der Waals surface area contributed by atoms with E-state index in [9.17, 15) is 33.6 Å². The summed E-state index contributed by atoms with van der Waals surface area (Å²) in [5, 5.41) is 8.07. The molecule has 6 amide bonds. The maximum Gasteiger partial charge on any atom is 0.255 e. The molecule has 2 unspecified atom stereocenters. The number of amides is 6. The SMILES string of the molecule is C.C.Cc1cccc(C)c1C=O.Cc1cccc(C)c1CN1CCC(c2ccc3c(c2)CN(C2CCC(=O)NC2=O)C3=O)CC1.Cl.O=C1CCC(N2Cc3cc(C4CCNCC4)ccc3C2=O)C(=O)N1. The molecule has 0 bridgehead atoms. The van der Waals surface area contributed by atoms with E-state index in [-0.39, 0.29) is 75.5 Å². The number of fused-ring (bicyclic) bond motifs is 2. The maximum atomic E-state index is 12.9. The number of nitrogens with one attached hydrogen (secondary N) is 3. The van der Waals surface area contributed by atoms with Crippen LogP contribution in [0.2, 0.25) is 0 Å². The number of piperidine rings is 4. The van der Waals surface area contributed by atoms with Crippen LogP contribution in [0.25, 0.3) is 0 Å². The van der Waals surface area contributed by atoms with Crippen molar-refractivity contribution in [1.29, 1.82) is 0 Å². The van der Waals surface area contributed by atoms with Gasteiger partial charge in [-0.15, -0.1) is 12.4 Å². The first-order valence-electron chi connectivity index (χ1n) is 23.8. The van der Waals surface area contributed by atoms with E-state index in [2.05, 4.69) is 77.2 Å². The molecular formula is C56H71ClN6O7. The Morgan fingerprint density at radius 3 is 1.41 bits per heavy atom. The number of rotatable bonds is 7. The van der Waals surface area contributed by atoms with Crippen LogP contribution in [0.1, 0.15) is 159 Å². The molecule has 14 heteroatoms. The van der Waals surface area contributed by atoms with Gasteiger partial charge in [-0.2, -0.15) is 0 Å². The van der Waals surface area contributed by atoms with Gasteiger partial charge >= 0.3 is 0 Å². The number of carbonyl (C=O) groups excluding carboxylic acids is 7. The molecule has 10 rings (SSSR count). The van der Waals surface area contributed by atoms with Gasteiger partial charge in [0.05, 0.1) is 0 Å².